The fourth-order valence-corrected chi connectivity index (χ4v) is 2.29. The number of alkyl carbamates (subject to hydrolysis) is 1. The predicted molar refractivity (Wildman–Crippen MR) is 98.6 cm³/mol. The second-order valence-electron chi connectivity index (χ2n) is 5.67. The molecule has 4 heteroatoms. The molecule has 2 aromatic rings. The van der Waals surface area contributed by atoms with Crippen molar-refractivity contribution in [1.29, 1.82) is 0 Å². The summed E-state index contributed by atoms with van der Waals surface area (Å²) in [6.07, 6.45) is 4.43. The van der Waals surface area contributed by atoms with E-state index in [0.29, 0.717) is 6.54 Å². The van der Waals surface area contributed by atoms with Gasteiger partial charge in [-0.2, -0.15) is 0 Å². The van der Waals surface area contributed by atoms with Crippen LogP contribution >= 0.6 is 0 Å². The molecule has 0 saturated carbocycles. The maximum atomic E-state index is 11.6. The first kappa shape index (κ1) is 17.6. The highest BCUT2D eigenvalue weighted by atomic mass is 16.5. The summed E-state index contributed by atoms with van der Waals surface area (Å²) in [4.78, 5) is 11.6. The second kappa shape index (κ2) is 8.77. The van der Waals surface area contributed by atoms with Gasteiger partial charge in [0.1, 0.15) is 6.61 Å². The van der Waals surface area contributed by atoms with Crippen molar-refractivity contribution in [3.8, 4) is 0 Å². The first-order chi connectivity index (χ1) is 11.6. The van der Waals surface area contributed by atoms with Gasteiger partial charge in [-0.15, -0.1) is 0 Å². The van der Waals surface area contributed by atoms with E-state index in [1.807, 2.05) is 55.5 Å². The van der Waals surface area contributed by atoms with Gasteiger partial charge >= 0.3 is 6.09 Å². The first-order valence-corrected chi connectivity index (χ1v) is 8.04. The van der Waals surface area contributed by atoms with Gasteiger partial charge in [-0.05, 0) is 48.6 Å². The Labute approximate surface area is 143 Å². The summed E-state index contributed by atoms with van der Waals surface area (Å²) in [6.45, 7) is 4.90. The van der Waals surface area contributed by atoms with E-state index >= 15 is 0 Å². The van der Waals surface area contributed by atoms with Gasteiger partial charge in [0.25, 0.3) is 0 Å². The van der Waals surface area contributed by atoms with Gasteiger partial charge < -0.3 is 15.8 Å². The van der Waals surface area contributed by atoms with Crippen LogP contribution in [-0.2, 0) is 11.3 Å². The largest absolute Gasteiger partial charge is 0.445 e. The zero-order valence-corrected chi connectivity index (χ0v) is 14.2. The van der Waals surface area contributed by atoms with Crippen LogP contribution in [-0.4, -0.2) is 12.6 Å². The van der Waals surface area contributed by atoms with Gasteiger partial charge in [-0.25, -0.2) is 4.79 Å². The molecule has 0 aliphatic rings. The lowest BCUT2D eigenvalue weighted by molar-refractivity contribution is 0.140. The monoisotopic (exact) mass is 324 g/mol. The molecule has 0 atom stereocenters. The number of anilines is 1. The molecular weight excluding hydrogens is 300 g/mol. The molecule has 0 bridgehead atoms. The maximum Gasteiger partial charge on any atom is 0.407 e. The second-order valence-corrected chi connectivity index (χ2v) is 5.67. The molecule has 0 aliphatic carbocycles. The Hall–Kier alpha value is -2.75. The van der Waals surface area contributed by atoms with Crippen molar-refractivity contribution in [3.05, 3.63) is 70.8 Å². The first-order valence-electron chi connectivity index (χ1n) is 8.04. The summed E-state index contributed by atoms with van der Waals surface area (Å²) in [5, 5.41) is 2.74. The van der Waals surface area contributed by atoms with Crippen molar-refractivity contribution < 1.29 is 9.53 Å². The van der Waals surface area contributed by atoms with Crippen molar-refractivity contribution >= 4 is 17.9 Å². The topological polar surface area (TPSA) is 64.3 Å². The number of benzene rings is 2. The summed E-state index contributed by atoms with van der Waals surface area (Å²) < 4.78 is 5.15. The van der Waals surface area contributed by atoms with Crippen molar-refractivity contribution in [2.75, 3.05) is 12.3 Å². The van der Waals surface area contributed by atoms with Gasteiger partial charge in [-0.1, -0.05) is 48.6 Å². The standard InChI is InChI=1S/C20H24N2O2/c1-15-16(2)19(21)12-11-18(15)10-6-7-13-22-20(23)24-14-17-8-4-3-5-9-17/h3-6,8-12H,7,13-14,21H2,1-2H3,(H,22,23). The van der Waals surface area contributed by atoms with E-state index in [4.69, 9.17) is 10.5 Å². The number of amides is 1. The Morgan fingerprint density at radius 3 is 2.62 bits per heavy atom. The molecule has 0 aromatic heterocycles. The summed E-state index contributed by atoms with van der Waals surface area (Å²) in [6, 6.07) is 13.5. The third kappa shape index (κ3) is 5.16. The quantitative estimate of drug-likeness (QED) is 0.618. The highest BCUT2D eigenvalue weighted by molar-refractivity contribution is 5.67. The molecule has 0 heterocycles. The van der Waals surface area contributed by atoms with Crippen LogP contribution < -0.4 is 11.1 Å². The number of carbonyl (C=O) groups excluding carboxylic acids is 1. The lowest BCUT2D eigenvalue weighted by Crippen LogP contribution is -2.24. The van der Waals surface area contributed by atoms with E-state index in [9.17, 15) is 4.79 Å². The lowest BCUT2D eigenvalue weighted by Gasteiger charge is -2.08. The molecule has 3 N–H and O–H groups in total. The SMILES string of the molecule is Cc1c(N)ccc(C=CCCNC(=O)OCc2ccccc2)c1C. The number of carbonyl (C=O) groups is 1. The number of rotatable bonds is 6. The van der Waals surface area contributed by atoms with Crippen LogP contribution in [0.15, 0.2) is 48.5 Å². The molecule has 126 valence electrons. The smallest absolute Gasteiger partial charge is 0.407 e. The molecule has 1 amide bonds. The molecule has 0 spiro atoms. The number of nitrogens with two attached hydrogens (primary N) is 1. The number of nitrogen functional groups attached to an aromatic ring is 1. The zero-order valence-electron chi connectivity index (χ0n) is 14.2. The average Bonchev–Trinajstić information content (AvgIpc) is 2.60. The van der Waals surface area contributed by atoms with Crippen molar-refractivity contribution in [2.24, 2.45) is 0 Å². The van der Waals surface area contributed by atoms with E-state index in [2.05, 4.69) is 18.3 Å². The average molecular weight is 324 g/mol. The van der Waals surface area contributed by atoms with Gasteiger partial charge in [0.05, 0.1) is 0 Å². The maximum absolute atomic E-state index is 11.6. The molecule has 2 rings (SSSR count). The van der Waals surface area contributed by atoms with Crippen LogP contribution in [0.2, 0.25) is 0 Å². The third-order valence-corrected chi connectivity index (χ3v) is 3.96. The minimum Gasteiger partial charge on any atom is -0.445 e. The van der Waals surface area contributed by atoms with Crippen LogP contribution in [0.25, 0.3) is 6.08 Å². The molecule has 24 heavy (non-hydrogen) atoms. The summed E-state index contributed by atoms with van der Waals surface area (Å²) in [7, 11) is 0. The molecule has 2 aromatic carbocycles. The third-order valence-electron chi connectivity index (χ3n) is 3.96. The Balaban J connectivity index is 1.71. The van der Waals surface area contributed by atoms with E-state index in [-0.39, 0.29) is 6.61 Å². The van der Waals surface area contributed by atoms with Crippen LogP contribution in [0.4, 0.5) is 10.5 Å². The summed E-state index contributed by atoms with van der Waals surface area (Å²) in [5.74, 6) is 0. The van der Waals surface area contributed by atoms with Crippen molar-refractivity contribution in [3.63, 3.8) is 0 Å². The Morgan fingerprint density at radius 2 is 1.88 bits per heavy atom. The molecule has 0 fully saturated rings. The molecule has 0 saturated heterocycles. The fraction of sp³-hybridized carbons (Fsp3) is 0.250. The lowest BCUT2D eigenvalue weighted by atomic mass is 10.0. The minimum atomic E-state index is -0.397. The van der Waals surface area contributed by atoms with Gasteiger partial charge in [0.2, 0.25) is 0 Å². The number of hydrogen-bond acceptors (Lipinski definition) is 3. The Bertz CT molecular complexity index is 709. The summed E-state index contributed by atoms with van der Waals surface area (Å²) in [5.41, 5.74) is 11.1. The van der Waals surface area contributed by atoms with Crippen LogP contribution in [0.1, 0.15) is 28.7 Å². The van der Waals surface area contributed by atoms with E-state index < -0.39 is 6.09 Å². The zero-order chi connectivity index (χ0) is 17.4. The molecule has 0 unspecified atom stereocenters. The number of nitrogens with one attached hydrogen (secondary N) is 1. The van der Waals surface area contributed by atoms with E-state index in [1.54, 1.807) is 0 Å². The van der Waals surface area contributed by atoms with Crippen LogP contribution in [0, 0.1) is 13.8 Å². The minimum absolute atomic E-state index is 0.284. The van der Waals surface area contributed by atoms with E-state index in [0.717, 1.165) is 28.8 Å². The number of hydrogen-bond donors (Lipinski definition) is 2. The highest BCUT2D eigenvalue weighted by Crippen LogP contribution is 2.20. The molecule has 4 nitrogen and oxygen atoms in total. The van der Waals surface area contributed by atoms with Crippen LogP contribution in [0.5, 0.6) is 0 Å². The number of ether oxygens (including phenoxy) is 1. The fourth-order valence-electron chi connectivity index (χ4n) is 2.29. The normalized spacial score (nSPS) is 10.8. The van der Waals surface area contributed by atoms with Gasteiger partial charge in [0, 0.05) is 12.2 Å². The molecule has 0 radical (unpaired) electrons. The summed E-state index contributed by atoms with van der Waals surface area (Å²) >= 11 is 0. The van der Waals surface area contributed by atoms with Crippen molar-refractivity contribution in [1.82, 2.24) is 5.32 Å². The van der Waals surface area contributed by atoms with E-state index in [1.165, 1.54) is 5.56 Å². The van der Waals surface area contributed by atoms with Gasteiger partial charge in [-0.3, -0.25) is 0 Å². The Morgan fingerprint density at radius 1 is 1.12 bits per heavy atom. The predicted octanol–water partition coefficient (Wildman–Crippen LogP) is 4.22. The van der Waals surface area contributed by atoms with Crippen molar-refractivity contribution in [2.45, 2.75) is 26.9 Å². The van der Waals surface area contributed by atoms with Gasteiger partial charge in [0.15, 0.2) is 0 Å². The highest BCUT2D eigenvalue weighted by Gasteiger charge is 2.02. The van der Waals surface area contributed by atoms with Crippen LogP contribution in [0.3, 0.4) is 0 Å². The molecular formula is C20H24N2O2. The molecule has 0 aliphatic heterocycles. The Kier molecular flexibility index (Phi) is 6.43.